The Morgan fingerprint density at radius 1 is 1.10 bits per heavy atom. The van der Waals surface area contributed by atoms with Crippen LogP contribution in [0.1, 0.15) is 29.0 Å². The van der Waals surface area contributed by atoms with E-state index >= 15 is 0 Å². The van der Waals surface area contributed by atoms with E-state index in [4.69, 9.17) is 11.6 Å². The Hall–Kier alpha value is -3.11. The average molecular weight is 404 g/mol. The van der Waals surface area contributed by atoms with E-state index in [2.05, 4.69) is 33.2 Å². The molecule has 2 aromatic carbocycles. The Labute approximate surface area is 175 Å². The molecule has 0 fully saturated rings. The lowest BCUT2D eigenvalue weighted by atomic mass is 9.88. The number of hydrogen-bond acceptors (Lipinski definition) is 2. The van der Waals surface area contributed by atoms with Gasteiger partial charge in [0.05, 0.1) is 0 Å². The summed E-state index contributed by atoms with van der Waals surface area (Å²) in [7, 11) is 2.03. The topological polar surface area (TPSA) is 46.9 Å². The Morgan fingerprint density at radius 2 is 1.90 bits per heavy atom. The summed E-state index contributed by atoms with van der Waals surface area (Å²) in [6.45, 7) is 0.468. The lowest BCUT2D eigenvalue weighted by molar-refractivity contribution is -0.121. The zero-order chi connectivity index (χ0) is 20.2. The third-order valence-electron chi connectivity index (χ3n) is 5.18. The lowest BCUT2D eigenvalue weighted by Gasteiger charge is -2.17. The summed E-state index contributed by atoms with van der Waals surface area (Å²) in [5.41, 5.74) is 4.34. The Kier molecular flexibility index (Phi) is 5.63. The minimum atomic E-state index is -0.0627. The van der Waals surface area contributed by atoms with Gasteiger partial charge < -0.3 is 9.88 Å². The molecule has 2 heterocycles. The standard InChI is InChI=1S/C24H22ClN3O/c1-28-16-22(20-6-2-3-7-23(20)28)21(18-8-10-19(25)11-9-18)13-24(29)27-15-17-5-4-12-26-14-17/h2-12,14,16,21H,13,15H2,1H3,(H,27,29). The van der Waals surface area contributed by atoms with E-state index in [1.54, 1.807) is 12.4 Å². The van der Waals surface area contributed by atoms with Crippen LogP contribution in [0.25, 0.3) is 10.9 Å². The van der Waals surface area contributed by atoms with E-state index in [-0.39, 0.29) is 11.8 Å². The molecule has 1 unspecified atom stereocenters. The monoisotopic (exact) mass is 403 g/mol. The molecule has 146 valence electrons. The normalized spacial score (nSPS) is 12.1. The Balaban J connectivity index is 1.63. The first kappa shape index (κ1) is 19.2. The van der Waals surface area contributed by atoms with Crippen LogP contribution in [0.5, 0.6) is 0 Å². The molecule has 4 rings (SSSR count). The second kappa shape index (κ2) is 8.50. The van der Waals surface area contributed by atoms with Crippen LogP contribution >= 0.6 is 11.6 Å². The van der Waals surface area contributed by atoms with E-state index in [1.165, 1.54) is 0 Å². The van der Waals surface area contributed by atoms with Crippen LogP contribution in [0.15, 0.2) is 79.3 Å². The Bertz CT molecular complexity index is 1120. The molecule has 0 saturated carbocycles. The molecule has 0 aliphatic rings. The van der Waals surface area contributed by atoms with Crippen molar-refractivity contribution in [3.8, 4) is 0 Å². The van der Waals surface area contributed by atoms with Crippen LogP contribution in [0.3, 0.4) is 0 Å². The van der Waals surface area contributed by atoms with Crippen LogP contribution in [0.4, 0.5) is 0 Å². The number of aromatic nitrogens is 2. The van der Waals surface area contributed by atoms with E-state index in [0.717, 1.165) is 27.6 Å². The summed E-state index contributed by atoms with van der Waals surface area (Å²) in [6.07, 6.45) is 5.97. The van der Waals surface area contributed by atoms with Crippen molar-refractivity contribution in [2.75, 3.05) is 0 Å². The minimum Gasteiger partial charge on any atom is -0.352 e. The molecule has 1 atom stereocenters. The predicted octanol–water partition coefficient (Wildman–Crippen LogP) is 5.07. The summed E-state index contributed by atoms with van der Waals surface area (Å²) >= 11 is 6.10. The number of benzene rings is 2. The van der Waals surface area contributed by atoms with Gasteiger partial charge in [0.25, 0.3) is 0 Å². The third-order valence-corrected chi connectivity index (χ3v) is 5.43. The molecular formula is C24H22ClN3O. The van der Waals surface area contributed by atoms with Gasteiger partial charge >= 0.3 is 0 Å². The highest BCUT2D eigenvalue weighted by molar-refractivity contribution is 6.30. The first-order valence-electron chi connectivity index (χ1n) is 9.57. The number of amides is 1. The summed E-state index contributed by atoms with van der Waals surface area (Å²) in [5, 5.41) is 4.87. The number of carbonyl (C=O) groups excluding carboxylic acids is 1. The molecule has 4 aromatic rings. The molecule has 5 heteroatoms. The first-order chi connectivity index (χ1) is 14.1. The molecule has 1 N–H and O–H groups in total. The number of pyridine rings is 1. The molecule has 0 bridgehead atoms. The number of aryl methyl sites for hydroxylation is 1. The van der Waals surface area contributed by atoms with Crippen LogP contribution in [0.2, 0.25) is 5.02 Å². The van der Waals surface area contributed by atoms with E-state index in [9.17, 15) is 4.79 Å². The number of nitrogens with one attached hydrogen (secondary N) is 1. The molecular weight excluding hydrogens is 382 g/mol. The van der Waals surface area contributed by atoms with Gasteiger partial charge in [0.1, 0.15) is 0 Å². The molecule has 0 aliphatic carbocycles. The van der Waals surface area contributed by atoms with Crippen LogP contribution in [-0.2, 0) is 18.4 Å². The van der Waals surface area contributed by atoms with Gasteiger partial charge in [-0.1, -0.05) is 48.0 Å². The molecule has 0 spiro atoms. The third kappa shape index (κ3) is 4.33. The lowest BCUT2D eigenvalue weighted by Crippen LogP contribution is -2.25. The Morgan fingerprint density at radius 3 is 2.66 bits per heavy atom. The summed E-state index contributed by atoms with van der Waals surface area (Å²) in [5.74, 6) is -0.0611. The van der Waals surface area contributed by atoms with Crippen LogP contribution in [0, 0.1) is 0 Å². The van der Waals surface area contributed by atoms with Gasteiger partial charge in [0, 0.05) is 60.4 Å². The molecule has 0 aliphatic heterocycles. The largest absolute Gasteiger partial charge is 0.352 e. The van der Waals surface area contributed by atoms with Crippen molar-refractivity contribution in [1.29, 1.82) is 0 Å². The fraction of sp³-hybridized carbons (Fsp3) is 0.167. The van der Waals surface area contributed by atoms with E-state index in [1.807, 2.05) is 55.6 Å². The van der Waals surface area contributed by atoms with Crippen molar-refractivity contribution >= 4 is 28.4 Å². The van der Waals surface area contributed by atoms with Gasteiger partial charge in [0.15, 0.2) is 0 Å². The van der Waals surface area contributed by atoms with Crippen LogP contribution < -0.4 is 5.32 Å². The first-order valence-corrected chi connectivity index (χ1v) is 9.94. The maximum absolute atomic E-state index is 12.8. The van der Waals surface area contributed by atoms with Crippen molar-refractivity contribution in [2.45, 2.75) is 18.9 Å². The van der Waals surface area contributed by atoms with Crippen molar-refractivity contribution in [3.05, 3.63) is 101 Å². The second-order valence-corrected chi connectivity index (χ2v) is 7.60. The molecule has 0 saturated heterocycles. The molecule has 0 radical (unpaired) electrons. The number of hydrogen-bond donors (Lipinski definition) is 1. The number of rotatable bonds is 6. The zero-order valence-corrected chi connectivity index (χ0v) is 16.9. The maximum Gasteiger partial charge on any atom is 0.221 e. The van der Waals surface area contributed by atoms with Gasteiger partial charge in [-0.05, 0) is 41.0 Å². The highest BCUT2D eigenvalue weighted by Crippen LogP contribution is 2.34. The van der Waals surface area contributed by atoms with Crippen molar-refractivity contribution in [3.63, 3.8) is 0 Å². The number of para-hydroxylation sites is 1. The second-order valence-electron chi connectivity index (χ2n) is 7.16. The van der Waals surface area contributed by atoms with Gasteiger partial charge in [-0.25, -0.2) is 0 Å². The summed E-state index contributed by atoms with van der Waals surface area (Å²) in [4.78, 5) is 16.9. The van der Waals surface area contributed by atoms with Gasteiger partial charge in [-0.2, -0.15) is 0 Å². The van der Waals surface area contributed by atoms with Gasteiger partial charge in [-0.3, -0.25) is 9.78 Å². The quantitative estimate of drug-likeness (QED) is 0.488. The number of halogens is 1. The van der Waals surface area contributed by atoms with Crippen molar-refractivity contribution in [1.82, 2.24) is 14.9 Å². The number of carbonyl (C=O) groups is 1. The summed E-state index contributed by atoms with van der Waals surface area (Å²) < 4.78 is 2.11. The maximum atomic E-state index is 12.8. The fourth-order valence-corrected chi connectivity index (χ4v) is 3.84. The molecule has 1 amide bonds. The van der Waals surface area contributed by atoms with Crippen LogP contribution in [-0.4, -0.2) is 15.5 Å². The predicted molar refractivity (Wildman–Crippen MR) is 117 cm³/mol. The molecule has 4 nitrogen and oxygen atoms in total. The zero-order valence-electron chi connectivity index (χ0n) is 16.2. The average Bonchev–Trinajstić information content (AvgIpc) is 3.09. The van der Waals surface area contributed by atoms with Gasteiger partial charge in [-0.15, -0.1) is 0 Å². The summed E-state index contributed by atoms with van der Waals surface area (Å²) in [6, 6.07) is 19.9. The smallest absolute Gasteiger partial charge is 0.221 e. The highest BCUT2D eigenvalue weighted by Gasteiger charge is 2.22. The molecule has 29 heavy (non-hydrogen) atoms. The van der Waals surface area contributed by atoms with Crippen molar-refractivity contribution in [2.24, 2.45) is 7.05 Å². The number of fused-ring (bicyclic) bond motifs is 1. The van der Waals surface area contributed by atoms with Crippen molar-refractivity contribution < 1.29 is 4.79 Å². The van der Waals surface area contributed by atoms with Gasteiger partial charge in [0.2, 0.25) is 5.91 Å². The molecule has 2 aromatic heterocycles. The number of nitrogens with zero attached hydrogens (tertiary/aromatic N) is 2. The highest BCUT2D eigenvalue weighted by atomic mass is 35.5. The SMILES string of the molecule is Cn1cc(C(CC(=O)NCc2cccnc2)c2ccc(Cl)cc2)c2ccccc21. The fourth-order valence-electron chi connectivity index (χ4n) is 3.71. The minimum absolute atomic E-state index is 0.00161. The van der Waals surface area contributed by atoms with E-state index < -0.39 is 0 Å². The van der Waals surface area contributed by atoms with E-state index in [0.29, 0.717) is 18.0 Å².